The zero-order valence-corrected chi connectivity index (χ0v) is 21.6. The van der Waals surface area contributed by atoms with Crippen LogP contribution in [0.2, 0.25) is 0 Å². The summed E-state index contributed by atoms with van der Waals surface area (Å²) in [4.78, 5) is 23.4. The molecule has 0 unspecified atom stereocenters. The summed E-state index contributed by atoms with van der Waals surface area (Å²) in [5, 5.41) is 22.3. The molecule has 1 heterocycles. The van der Waals surface area contributed by atoms with E-state index in [1.165, 1.54) is 35.7 Å². The van der Waals surface area contributed by atoms with E-state index in [9.17, 15) is 9.59 Å². The number of amides is 1. The minimum atomic E-state index is -0.998. The standard InChI is InChI=1S/C28H27N5O3S/c1-28(2,3)22-15-13-20(14-16-22)25-31-32-27(33(25)23-7-5-4-6-8-23)37-18-24(34)30-29-17-19-9-11-21(12-10-19)26(35)36/h4-17H,18H2,1-3H3,(H,30,34)(H,35,36)/b29-17-. The number of rotatable bonds is 8. The fourth-order valence-corrected chi connectivity index (χ4v) is 4.28. The number of nitrogens with zero attached hydrogens (tertiary/aromatic N) is 4. The molecule has 4 aromatic rings. The van der Waals surface area contributed by atoms with E-state index in [1.807, 2.05) is 47.0 Å². The third-order valence-corrected chi connectivity index (χ3v) is 6.48. The monoisotopic (exact) mass is 513 g/mol. The summed E-state index contributed by atoms with van der Waals surface area (Å²) in [6.45, 7) is 6.52. The van der Waals surface area contributed by atoms with Gasteiger partial charge in [-0.2, -0.15) is 5.10 Å². The number of aromatic carboxylic acids is 1. The molecule has 1 aromatic heterocycles. The molecule has 0 radical (unpaired) electrons. The number of carboxylic acid groups (broad SMARTS) is 1. The van der Waals surface area contributed by atoms with Crippen molar-refractivity contribution in [3.05, 3.63) is 95.6 Å². The molecule has 0 aliphatic carbocycles. The molecule has 0 aliphatic heterocycles. The van der Waals surface area contributed by atoms with Gasteiger partial charge in [0.1, 0.15) is 0 Å². The van der Waals surface area contributed by atoms with Crippen molar-refractivity contribution in [1.82, 2.24) is 20.2 Å². The van der Waals surface area contributed by atoms with Crippen LogP contribution < -0.4 is 5.43 Å². The first-order chi connectivity index (χ1) is 17.7. The van der Waals surface area contributed by atoms with E-state index in [1.54, 1.807) is 12.1 Å². The average molecular weight is 514 g/mol. The molecule has 188 valence electrons. The normalized spacial score (nSPS) is 11.5. The van der Waals surface area contributed by atoms with Gasteiger partial charge < -0.3 is 5.11 Å². The highest BCUT2D eigenvalue weighted by molar-refractivity contribution is 7.99. The van der Waals surface area contributed by atoms with Crippen LogP contribution in [0.25, 0.3) is 17.1 Å². The van der Waals surface area contributed by atoms with E-state index < -0.39 is 5.97 Å². The third-order valence-electron chi connectivity index (χ3n) is 5.55. The van der Waals surface area contributed by atoms with E-state index >= 15 is 0 Å². The van der Waals surface area contributed by atoms with Gasteiger partial charge in [0, 0.05) is 11.3 Å². The molecular formula is C28H27N5O3S. The predicted molar refractivity (Wildman–Crippen MR) is 145 cm³/mol. The van der Waals surface area contributed by atoms with Crippen LogP contribution >= 0.6 is 11.8 Å². The van der Waals surface area contributed by atoms with Crippen LogP contribution in [0.3, 0.4) is 0 Å². The first-order valence-corrected chi connectivity index (χ1v) is 12.6. The molecule has 9 heteroatoms. The van der Waals surface area contributed by atoms with Crippen LogP contribution in [-0.4, -0.2) is 43.7 Å². The second-order valence-corrected chi connectivity index (χ2v) is 10.3. The highest BCUT2D eigenvalue weighted by Gasteiger charge is 2.19. The SMILES string of the molecule is CC(C)(C)c1ccc(-c2nnc(SCC(=O)N/N=C\c3ccc(C(=O)O)cc3)n2-c2ccccc2)cc1. The highest BCUT2D eigenvalue weighted by Crippen LogP contribution is 2.30. The molecule has 0 saturated heterocycles. The molecular weight excluding hydrogens is 486 g/mol. The number of aromatic nitrogens is 3. The summed E-state index contributed by atoms with van der Waals surface area (Å²) in [6.07, 6.45) is 1.46. The topological polar surface area (TPSA) is 109 Å². The maximum atomic E-state index is 12.4. The minimum absolute atomic E-state index is 0.0460. The zero-order valence-electron chi connectivity index (χ0n) is 20.8. The molecule has 0 fully saturated rings. The number of hydrogen-bond acceptors (Lipinski definition) is 6. The molecule has 0 atom stereocenters. The molecule has 1 amide bonds. The van der Waals surface area contributed by atoms with Crippen LogP contribution in [0.5, 0.6) is 0 Å². The molecule has 4 rings (SSSR count). The van der Waals surface area contributed by atoms with Gasteiger partial charge in [-0.1, -0.05) is 87.1 Å². The van der Waals surface area contributed by atoms with Gasteiger partial charge in [-0.3, -0.25) is 9.36 Å². The molecule has 0 aliphatic rings. The fourth-order valence-electron chi connectivity index (χ4n) is 3.53. The second-order valence-electron chi connectivity index (χ2n) is 9.31. The number of benzene rings is 3. The van der Waals surface area contributed by atoms with E-state index in [0.717, 1.165) is 11.3 Å². The minimum Gasteiger partial charge on any atom is -0.478 e. The number of hydrazone groups is 1. The molecule has 3 aromatic carbocycles. The van der Waals surface area contributed by atoms with Crippen molar-refractivity contribution >= 4 is 29.9 Å². The summed E-state index contributed by atoms with van der Waals surface area (Å²) < 4.78 is 1.94. The maximum Gasteiger partial charge on any atom is 0.335 e. The van der Waals surface area contributed by atoms with Gasteiger partial charge >= 0.3 is 5.97 Å². The van der Waals surface area contributed by atoms with Gasteiger partial charge in [-0.15, -0.1) is 10.2 Å². The second kappa shape index (κ2) is 11.2. The largest absolute Gasteiger partial charge is 0.478 e. The Morgan fingerprint density at radius 3 is 2.27 bits per heavy atom. The molecule has 8 nitrogen and oxygen atoms in total. The Labute approximate surface area is 219 Å². The van der Waals surface area contributed by atoms with Gasteiger partial charge in [0.15, 0.2) is 11.0 Å². The smallest absolute Gasteiger partial charge is 0.335 e. The fraction of sp³-hybridized carbons (Fsp3) is 0.179. The van der Waals surface area contributed by atoms with Gasteiger partial charge in [0.25, 0.3) is 5.91 Å². The van der Waals surface area contributed by atoms with Crippen molar-refractivity contribution in [2.45, 2.75) is 31.3 Å². The Morgan fingerprint density at radius 1 is 0.973 bits per heavy atom. The highest BCUT2D eigenvalue weighted by atomic mass is 32.2. The first kappa shape index (κ1) is 25.8. The summed E-state index contributed by atoms with van der Waals surface area (Å²) in [6, 6.07) is 24.3. The van der Waals surface area contributed by atoms with Crippen molar-refractivity contribution in [3.8, 4) is 17.1 Å². The Balaban J connectivity index is 1.48. The Bertz CT molecular complexity index is 1410. The predicted octanol–water partition coefficient (Wildman–Crippen LogP) is 5.17. The lowest BCUT2D eigenvalue weighted by atomic mass is 9.87. The first-order valence-electron chi connectivity index (χ1n) is 11.6. The van der Waals surface area contributed by atoms with E-state index in [0.29, 0.717) is 16.5 Å². The summed E-state index contributed by atoms with van der Waals surface area (Å²) in [7, 11) is 0. The number of hydrogen-bond donors (Lipinski definition) is 2. The molecule has 37 heavy (non-hydrogen) atoms. The molecule has 0 saturated carbocycles. The van der Waals surface area contributed by atoms with Crippen LogP contribution in [0.4, 0.5) is 0 Å². The number of carboxylic acids is 1. The quantitative estimate of drug-likeness (QED) is 0.191. The van der Waals surface area contributed by atoms with Crippen LogP contribution in [-0.2, 0) is 10.2 Å². The summed E-state index contributed by atoms with van der Waals surface area (Å²) >= 11 is 1.26. The van der Waals surface area contributed by atoms with Gasteiger partial charge in [-0.05, 0) is 40.8 Å². The van der Waals surface area contributed by atoms with E-state index in [2.05, 4.69) is 53.6 Å². The van der Waals surface area contributed by atoms with Crippen LogP contribution in [0.1, 0.15) is 42.3 Å². The number of para-hydroxylation sites is 1. The van der Waals surface area contributed by atoms with Gasteiger partial charge in [0.05, 0.1) is 17.5 Å². The Kier molecular flexibility index (Phi) is 7.83. The number of carbonyl (C=O) groups is 2. The van der Waals surface area contributed by atoms with Crippen molar-refractivity contribution in [2.24, 2.45) is 5.10 Å². The lowest BCUT2D eigenvalue weighted by Gasteiger charge is -2.19. The molecule has 0 bridgehead atoms. The lowest BCUT2D eigenvalue weighted by Crippen LogP contribution is -2.20. The maximum absolute atomic E-state index is 12.4. The van der Waals surface area contributed by atoms with E-state index in [-0.39, 0.29) is 22.6 Å². The van der Waals surface area contributed by atoms with Crippen molar-refractivity contribution in [3.63, 3.8) is 0 Å². The summed E-state index contributed by atoms with van der Waals surface area (Å²) in [5.74, 6) is -0.523. The Morgan fingerprint density at radius 2 is 1.65 bits per heavy atom. The van der Waals surface area contributed by atoms with Gasteiger partial charge in [-0.25, -0.2) is 10.2 Å². The molecule has 2 N–H and O–H groups in total. The number of nitrogens with one attached hydrogen (secondary N) is 1. The Hall–Kier alpha value is -4.24. The average Bonchev–Trinajstić information content (AvgIpc) is 3.32. The van der Waals surface area contributed by atoms with Crippen molar-refractivity contribution < 1.29 is 14.7 Å². The zero-order chi connectivity index (χ0) is 26.4. The van der Waals surface area contributed by atoms with Crippen molar-refractivity contribution in [2.75, 3.05) is 5.75 Å². The van der Waals surface area contributed by atoms with Gasteiger partial charge in [0.2, 0.25) is 0 Å². The third kappa shape index (κ3) is 6.50. The van der Waals surface area contributed by atoms with Crippen molar-refractivity contribution in [1.29, 1.82) is 0 Å². The number of thioether (sulfide) groups is 1. The van der Waals surface area contributed by atoms with Crippen LogP contribution in [0.15, 0.2) is 89.1 Å². The van der Waals surface area contributed by atoms with Crippen LogP contribution in [0, 0.1) is 0 Å². The molecule has 0 spiro atoms. The summed E-state index contributed by atoms with van der Waals surface area (Å²) in [5.41, 5.74) is 6.45. The lowest BCUT2D eigenvalue weighted by molar-refractivity contribution is -0.118. The van der Waals surface area contributed by atoms with E-state index in [4.69, 9.17) is 5.11 Å². The number of carbonyl (C=O) groups excluding carboxylic acids is 1.